The zero-order valence-electron chi connectivity index (χ0n) is 21.6. The van der Waals surface area contributed by atoms with Gasteiger partial charge in [0.25, 0.3) is 0 Å². The maximum absolute atomic E-state index is 13.8. The Labute approximate surface area is 224 Å². The Kier molecular flexibility index (Phi) is 10.2. The van der Waals surface area contributed by atoms with Gasteiger partial charge in [0.05, 0.1) is 22.0 Å². The van der Waals surface area contributed by atoms with E-state index in [1.807, 2.05) is 46.8 Å². The fraction of sp³-hybridized carbons (Fsp3) is 0.462. The molecule has 0 bridgehead atoms. The fourth-order valence-corrected chi connectivity index (χ4v) is 5.06. The molecule has 0 heterocycles. The first-order valence-electron chi connectivity index (χ1n) is 11.8. The Morgan fingerprint density at radius 3 is 2.19 bits per heavy atom. The molecule has 36 heavy (non-hydrogen) atoms. The van der Waals surface area contributed by atoms with Crippen LogP contribution in [0.2, 0.25) is 10.0 Å². The molecule has 0 aliphatic carbocycles. The molecule has 0 saturated carbocycles. The van der Waals surface area contributed by atoms with Crippen LogP contribution in [0.4, 0.5) is 5.69 Å². The number of sulfonamides is 1. The lowest BCUT2D eigenvalue weighted by atomic mass is 10.1. The third kappa shape index (κ3) is 8.11. The summed E-state index contributed by atoms with van der Waals surface area (Å²) in [4.78, 5) is 28.4. The molecule has 1 atom stereocenters. The average Bonchev–Trinajstić information content (AvgIpc) is 2.77. The van der Waals surface area contributed by atoms with E-state index in [1.54, 1.807) is 30.3 Å². The summed E-state index contributed by atoms with van der Waals surface area (Å²) < 4.78 is 26.7. The summed E-state index contributed by atoms with van der Waals surface area (Å²) in [7, 11) is -3.80. The third-order valence-corrected chi connectivity index (χ3v) is 7.41. The molecule has 0 radical (unpaired) electrons. The largest absolute Gasteiger partial charge is 0.350 e. The van der Waals surface area contributed by atoms with Gasteiger partial charge in [0.2, 0.25) is 21.8 Å². The quantitative estimate of drug-likeness (QED) is 0.444. The summed E-state index contributed by atoms with van der Waals surface area (Å²) in [5.41, 5.74) is 1.39. The van der Waals surface area contributed by atoms with Crippen molar-refractivity contribution in [2.24, 2.45) is 0 Å². The maximum Gasteiger partial charge on any atom is 0.244 e. The molecular weight excluding hydrogens is 521 g/mol. The van der Waals surface area contributed by atoms with E-state index in [0.29, 0.717) is 34.1 Å². The molecule has 2 rings (SSSR count). The second-order valence-corrected chi connectivity index (χ2v) is 12.4. The van der Waals surface area contributed by atoms with Gasteiger partial charge in [-0.3, -0.25) is 13.9 Å². The monoisotopic (exact) mass is 555 g/mol. The Morgan fingerprint density at radius 2 is 1.67 bits per heavy atom. The number of aryl methyl sites for hydroxylation is 1. The normalized spacial score (nSPS) is 12.7. The van der Waals surface area contributed by atoms with E-state index in [2.05, 4.69) is 5.32 Å². The van der Waals surface area contributed by atoms with Crippen molar-refractivity contribution in [3.8, 4) is 0 Å². The predicted octanol–water partition coefficient (Wildman–Crippen LogP) is 5.04. The SMILES string of the molecule is CCc1ccccc1N(CC(=O)N(Cc1ccc(Cl)c(Cl)c1)[C@H](CC)C(=O)NC(C)(C)C)S(C)(=O)=O. The van der Waals surface area contributed by atoms with Gasteiger partial charge < -0.3 is 10.2 Å². The highest BCUT2D eigenvalue weighted by atomic mass is 35.5. The van der Waals surface area contributed by atoms with E-state index in [-0.39, 0.29) is 12.5 Å². The van der Waals surface area contributed by atoms with E-state index in [4.69, 9.17) is 23.2 Å². The van der Waals surface area contributed by atoms with Gasteiger partial charge in [0.15, 0.2) is 0 Å². The number of nitrogens with zero attached hydrogens (tertiary/aromatic N) is 2. The van der Waals surface area contributed by atoms with Gasteiger partial charge in [-0.25, -0.2) is 8.42 Å². The van der Waals surface area contributed by atoms with Crippen LogP contribution in [0.1, 0.15) is 52.2 Å². The van der Waals surface area contributed by atoms with Crippen LogP contribution in [0.5, 0.6) is 0 Å². The van der Waals surface area contributed by atoms with E-state index in [0.717, 1.165) is 16.1 Å². The topological polar surface area (TPSA) is 86.8 Å². The number of halogens is 2. The fourth-order valence-electron chi connectivity index (χ4n) is 3.85. The Balaban J connectivity index is 2.52. The number of para-hydroxylation sites is 1. The molecule has 0 aliphatic heterocycles. The number of hydrogen-bond acceptors (Lipinski definition) is 4. The van der Waals surface area contributed by atoms with Gasteiger partial charge in [0, 0.05) is 12.1 Å². The molecule has 0 saturated heterocycles. The Morgan fingerprint density at radius 1 is 1.03 bits per heavy atom. The smallest absolute Gasteiger partial charge is 0.244 e. The molecule has 198 valence electrons. The number of nitrogens with one attached hydrogen (secondary N) is 1. The summed E-state index contributed by atoms with van der Waals surface area (Å²) in [6.07, 6.45) is 1.99. The number of carbonyl (C=O) groups is 2. The second-order valence-electron chi connectivity index (χ2n) is 9.69. The first-order chi connectivity index (χ1) is 16.7. The molecule has 10 heteroatoms. The molecule has 1 N–H and O–H groups in total. The molecule has 2 aromatic carbocycles. The van der Waals surface area contributed by atoms with Crippen LogP contribution in [0.3, 0.4) is 0 Å². The minimum absolute atomic E-state index is 0.0544. The molecule has 0 spiro atoms. The lowest BCUT2D eigenvalue weighted by molar-refractivity contribution is -0.141. The third-order valence-electron chi connectivity index (χ3n) is 5.54. The molecule has 2 aromatic rings. The van der Waals surface area contributed by atoms with Gasteiger partial charge in [-0.15, -0.1) is 0 Å². The molecule has 0 fully saturated rings. The van der Waals surface area contributed by atoms with E-state index >= 15 is 0 Å². The second kappa shape index (κ2) is 12.3. The van der Waals surface area contributed by atoms with Crippen molar-refractivity contribution in [1.82, 2.24) is 10.2 Å². The molecule has 0 aromatic heterocycles. The zero-order valence-corrected chi connectivity index (χ0v) is 24.0. The lowest BCUT2D eigenvalue weighted by Gasteiger charge is -2.34. The van der Waals surface area contributed by atoms with Gasteiger partial charge in [0.1, 0.15) is 12.6 Å². The van der Waals surface area contributed by atoms with Crippen LogP contribution in [-0.4, -0.2) is 49.5 Å². The highest BCUT2D eigenvalue weighted by Crippen LogP contribution is 2.26. The first-order valence-corrected chi connectivity index (χ1v) is 14.4. The van der Waals surface area contributed by atoms with Crippen LogP contribution in [-0.2, 0) is 32.6 Å². The summed E-state index contributed by atoms with van der Waals surface area (Å²) in [6, 6.07) is 11.2. The minimum Gasteiger partial charge on any atom is -0.350 e. The van der Waals surface area contributed by atoms with Crippen molar-refractivity contribution in [2.75, 3.05) is 17.1 Å². The number of hydrogen-bond donors (Lipinski definition) is 1. The standard InChI is InChI=1S/C26H35Cl2N3O4S/c1-7-19-11-9-10-12-23(19)31(36(6,34)35)17-24(32)30(16-18-13-14-20(27)21(28)15-18)22(8-2)25(33)29-26(3,4)5/h9-15,22H,7-8,16-17H2,1-6H3,(H,29,33)/t22-/m1/s1. The highest BCUT2D eigenvalue weighted by Gasteiger charge is 2.33. The number of benzene rings is 2. The predicted molar refractivity (Wildman–Crippen MR) is 147 cm³/mol. The summed E-state index contributed by atoms with van der Waals surface area (Å²) >= 11 is 12.3. The van der Waals surface area contributed by atoms with Crippen molar-refractivity contribution in [2.45, 2.75) is 65.6 Å². The maximum atomic E-state index is 13.8. The summed E-state index contributed by atoms with van der Waals surface area (Å²) in [6.45, 7) is 8.90. The Hall–Kier alpha value is -2.29. The molecule has 7 nitrogen and oxygen atoms in total. The van der Waals surface area contributed by atoms with Crippen molar-refractivity contribution in [3.63, 3.8) is 0 Å². The van der Waals surface area contributed by atoms with Gasteiger partial charge in [-0.1, -0.05) is 61.3 Å². The van der Waals surface area contributed by atoms with Gasteiger partial charge in [-0.05, 0) is 62.9 Å². The van der Waals surface area contributed by atoms with Crippen molar-refractivity contribution < 1.29 is 18.0 Å². The highest BCUT2D eigenvalue weighted by molar-refractivity contribution is 7.92. The van der Waals surface area contributed by atoms with Crippen LogP contribution in [0.25, 0.3) is 0 Å². The van der Waals surface area contributed by atoms with E-state index in [1.165, 1.54) is 4.90 Å². The number of amides is 2. The molecule has 0 aliphatic rings. The number of rotatable bonds is 10. The summed E-state index contributed by atoms with van der Waals surface area (Å²) in [5.74, 6) is -0.827. The van der Waals surface area contributed by atoms with Crippen LogP contribution < -0.4 is 9.62 Å². The van der Waals surface area contributed by atoms with Gasteiger partial charge in [-0.2, -0.15) is 0 Å². The van der Waals surface area contributed by atoms with Crippen LogP contribution in [0, 0.1) is 0 Å². The van der Waals surface area contributed by atoms with Crippen LogP contribution in [0.15, 0.2) is 42.5 Å². The molecule has 2 amide bonds. The van der Waals surface area contributed by atoms with E-state index < -0.39 is 34.1 Å². The molecule has 0 unspecified atom stereocenters. The van der Waals surface area contributed by atoms with Crippen molar-refractivity contribution >= 4 is 50.7 Å². The average molecular weight is 557 g/mol. The lowest BCUT2D eigenvalue weighted by Crippen LogP contribution is -2.55. The summed E-state index contributed by atoms with van der Waals surface area (Å²) in [5, 5.41) is 3.63. The number of carbonyl (C=O) groups excluding carboxylic acids is 2. The van der Waals surface area contributed by atoms with E-state index in [9.17, 15) is 18.0 Å². The van der Waals surface area contributed by atoms with Crippen LogP contribution >= 0.6 is 23.2 Å². The van der Waals surface area contributed by atoms with Gasteiger partial charge >= 0.3 is 0 Å². The van der Waals surface area contributed by atoms with Crippen molar-refractivity contribution in [3.05, 3.63) is 63.6 Å². The first kappa shape index (κ1) is 29.9. The Bertz CT molecular complexity index is 1200. The minimum atomic E-state index is -3.80. The molecular formula is C26H35Cl2N3O4S. The zero-order chi connectivity index (χ0) is 27.3. The number of anilines is 1. The van der Waals surface area contributed by atoms with Crippen molar-refractivity contribution in [1.29, 1.82) is 0 Å².